The maximum atomic E-state index is 13.3. The molecule has 2 rings (SSSR count). The highest BCUT2D eigenvalue weighted by molar-refractivity contribution is 5.87. The van der Waals surface area contributed by atoms with E-state index in [9.17, 15) is 102 Å². The quantitative estimate of drug-likeness (QED) is 0.128. The fourth-order valence-corrected chi connectivity index (χ4v) is 10.5. The van der Waals surface area contributed by atoms with Crippen LogP contribution in [0.3, 0.4) is 0 Å². The zero-order chi connectivity index (χ0) is 63.9. The van der Waals surface area contributed by atoms with Crippen LogP contribution in [0, 0.1) is 41.4 Å². The van der Waals surface area contributed by atoms with Gasteiger partial charge in [0.05, 0.1) is 86.0 Å². The molecule has 1 fully saturated rings. The highest BCUT2D eigenvalue weighted by atomic mass is 16.7. The van der Waals surface area contributed by atoms with Gasteiger partial charge in [0.15, 0.2) is 6.29 Å². The maximum Gasteiger partial charge on any atom is 0.333 e. The zero-order valence-corrected chi connectivity index (χ0v) is 50.5. The van der Waals surface area contributed by atoms with Crippen molar-refractivity contribution in [2.45, 2.75) is 262 Å². The Morgan fingerprint density at radius 3 is 1.73 bits per heavy atom. The van der Waals surface area contributed by atoms with Crippen LogP contribution >= 0.6 is 0 Å². The van der Waals surface area contributed by atoms with Crippen LogP contribution in [0.1, 0.15) is 139 Å². The van der Waals surface area contributed by atoms with Gasteiger partial charge in [0.1, 0.15) is 36.6 Å². The van der Waals surface area contributed by atoms with E-state index in [-0.39, 0.29) is 55.6 Å². The van der Waals surface area contributed by atoms with Gasteiger partial charge >= 0.3 is 11.9 Å². The topological polar surface area (TPSA) is 426 Å². The molecule has 84 heavy (non-hydrogen) atoms. The number of hydrogen-bond donors (Lipinski definition) is 18. The third-order valence-corrected chi connectivity index (χ3v) is 17.0. The van der Waals surface area contributed by atoms with E-state index < -0.39 is 189 Å². The Hall–Kier alpha value is -3.12. The van der Waals surface area contributed by atoms with Crippen LogP contribution in [0.2, 0.25) is 0 Å². The lowest BCUT2D eigenvalue weighted by molar-refractivity contribution is -0.313. The molecule has 27 atom stereocenters. The molecule has 23 heteroatoms. The summed E-state index contributed by atoms with van der Waals surface area (Å²) in [5.74, 6) is -6.43. The van der Waals surface area contributed by atoms with E-state index in [1.165, 1.54) is 52.0 Å². The minimum Gasteiger partial charge on any atom is -0.481 e. The number of carbonyl (C=O) groups excluding carboxylic acids is 1. The average molecular weight is 1210 g/mol. The largest absolute Gasteiger partial charge is 0.481 e. The van der Waals surface area contributed by atoms with Crippen molar-refractivity contribution >= 4 is 11.9 Å². The summed E-state index contributed by atoms with van der Waals surface area (Å²) in [7, 11) is 0. The van der Waals surface area contributed by atoms with E-state index in [0.717, 1.165) is 0 Å². The first-order chi connectivity index (χ1) is 39.2. The Labute approximate surface area is 495 Å². The van der Waals surface area contributed by atoms with E-state index in [2.05, 4.69) is 0 Å². The number of allylic oxidation sites excluding steroid dienone is 2. The number of cyclic esters (lactones) is 1. The van der Waals surface area contributed by atoms with Gasteiger partial charge in [0.2, 0.25) is 0 Å². The van der Waals surface area contributed by atoms with Crippen molar-refractivity contribution in [3.8, 4) is 0 Å². The number of carbonyl (C=O) groups is 2. The van der Waals surface area contributed by atoms with Gasteiger partial charge in [-0.15, -0.1) is 0 Å². The lowest BCUT2D eigenvalue weighted by Crippen LogP contribution is -2.60. The van der Waals surface area contributed by atoms with Crippen molar-refractivity contribution < 1.29 is 116 Å². The summed E-state index contributed by atoms with van der Waals surface area (Å²) in [5.41, 5.74) is 0.440. The molecule has 0 saturated carbocycles. The molecular weight excluding hydrogens is 1100 g/mol. The average Bonchev–Trinajstić information content (AvgIpc) is 3.25. The number of ether oxygens (including phenoxy) is 3. The second-order valence-corrected chi connectivity index (χ2v) is 24.2. The molecule has 23 nitrogen and oxygen atoms in total. The molecule has 0 radical (unpaired) electrons. The van der Waals surface area contributed by atoms with Gasteiger partial charge in [-0.3, -0.25) is 4.79 Å². The Morgan fingerprint density at radius 1 is 0.571 bits per heavy atom. The summed E-state index contributed by atoms with van der Waals surface area (Å²) in [5, 5.41) is 195. The molecule has 2 heterocycles. The van der Waals surface area contributed by atoms with Gasteiger partial charge in [0.25, 0.3) is 0 Å². The lowest BCUT2D eigenvalue weighted by Gasteiger charge is -2.41. The van der Waals surface area contributed by atoms with Crippen molar-refractivity contribution in [3.63, 3.8) is 0 Å². The second kappa shape index (κ2) is 38.3. The number of hydrogen-bond acceptors (Lipinski definition) is 22. The Kier molecular flexibility index (Phi) is 35.1. The van der Waals surface area contributed by atoms with Gasteiger partial charge in [-0.1, -0.05) is 97.1 Å². The van der Waals surface area contributed by atoms with Crippen LogP contribution in [0.5, 0.6) is 0 Å². The fraction of sp³-hybridized carbons (Fsp3) is 0.803. The van der Waals surface area contributed by atoms with Crippen molar-refractivity contribution in [2.24, 2.45) is 41.4 Å². The maximum absolute atomic E-state index is 13.3. The summed E-state index contributed by atoms with van der Waals surface area (Å²) in [6, 6.07) is 0. The molecule has 488 valence electrons. The van der Waals surface area contributed by atoms with Crippen molar-refractivity contribution in [2.75, 3.05) is 6.61 Å². The molecule has 0 bridgehead atoms. The third-order valence-electron chi connectivity index (χ3n) is 17.0. The first-order valence-corrected chi connectivity index (χ1v) is 29.8. The minimum atomic E-state index is -1.89. The van der Waals surface area contributed by atoms with Crippen LogP contribution in [0.15, 0.2) is 59.8 Å². The monoisotopic (exact) mass is 1210 g/mol. The predicted octanol–water partition coefficient (Wildman–Crippen LogP) is 0.568. The Morgan fingerprint density at radius 2 is 1.14 bits per heavy atom. The second-order valence-electron chi connectivity index (χ2n) is 24.2. The summed E-state index contributed by atoms with van der Waals surface area (Å²) in [6.45, 7) is 13.8. The van der Waals surface area contributed by atoms with E-state index in [0.29, 0.717) is 25.7 Å². The molecule has 0 aromatic carbocycles. The molecule has 22 unspecified atom stereocenters. The molecule has 0 aromatic rings. The van der Waals surface area contributed by atoms with E-state index in [1.54, 1.807) is 52.0 Å². The normalized spacial score (nSPS) is 42.6. The molecule has 0 amide bonds. The summed E-state index contributed by atoms with van der Waals surface area (Å²) in [4.78, 5) is 24.8. The Balaban J connectivity index is 2.42. The lowest BCUT2D eigenvalue weighted by atomic mass is 9.82. The number of esters is 1. The van der Waals surface area contributed by atoms with E-state index >= 15 is 0 Å². The summed E-state index contributed by atoms with van der Waals surface area (Å²) < 4.78 is 17.2. The van der Waals surface area contributed by atoms with Crippen molar-refractivity contribution in [3.05, 3.63) is 59.8 Å². The first-order valence-electron chi connectivity index (χ1n) is 29.8. The van der Waals surface area contributed by atoms with Gasteiger partial charge < -0.3 is 106 Å². The molecular formula is C61H106O23. The molecule has 18 N–H and O–H groups in total. The fourth-order valence-electron chi connectivity index (χ4n) is 10.5. The Bertz CT molecular complexity index is 2030. The van der Waals surface area contributed by atoms with Gasteiger partial charge in [-0.05, 0) is 83.1 Å². The summed E-state index contributed by atoms with van der Waals surface area (Å²) in [6.07, 6.45) is -16.1. The van der Waals surface area contributed by atoms with Crippen LogP contribution < -0.4 is 0 Å². The SMILES string of the molecule is CC1=CCCC(C)C(O)C(C)C(O)CCC=CC(C)C(O)C=CC(C)C(O)C(C)=CC(O[C@H]2O[C@H](CO)[C@@H](O)[C@H](O)[C@@H]2O)C(O)CC(O)CC(O)CC(O)C(C)C(O)C(C)C(O)CC(O)CC(O)C=CCC(O)C(C)C(CCC(=O)O)OC1=O. The van der Waals surface area contributed by atoms with E-state index in [1.807, 2.05) is 6.92 Å². The van der Waals surface area contributed by atoms with Gasteiger partial charge in [0, 0.05) is 60.3 Å². The molecule has 2 aliphatic heterocycles. The highest BCUT2D eigenvalue weighted by Gasteiger charge is 2.46. The number of rotatable bonds is 6. The molecule has 0 aliphatic carbocycles. The first kappa shape index (κ1) is 77.0. The summed E-state index contributed by atoms with van der Waals surface area (Å²) >= 11 is 0. The number of carboxylic acids is 1. The number of aliphatic hydroxyl groups excluding tert-OH is 17. The molecule has 1 saturated heterocycles. The van der Waals surface area contributed by atoms with Crippen LogP contribution in [0.4, 0.5) is 0 Å². The predicted molar refractivity (Wildman–Crippen MR) is 309 cm³/mol. The molecule has 0 spiro atoms. The van der Waals surface area contributed by atoms with Crippen molar-refractivity contribution in [1.29, 1.82) is 0 Å². The van der Waals surface area contributed by atoms with Crippen LogP contribution in [-0.2, 0) is 23.8 Å². The smallest absolute Gasteiger partial charge is 0.333 e. The number of aliphatic carboxylic acids is 1. The molecule has 2 aliphatic rings. The standard InChI is InChI=1S/C61H106O23/c1-31-14-10-11-18-46(69)37(7)55(76)32(2)15-12-16-34(4)60(81)82-50(22-23-53(73)74)36(6)45(68)19-13-17-40(63)25-41(64)27-47(70)38(8)56(77)39(9)48(71)28-42(65)26-43(66)29-49(72)51(24-35(5)54(75)33(3)20-21-44(31)67)83-61-59(80)58(79)57(78)52(30-62)84-61/h10,13-14,16-17,20-21,24,31-33,36-52,54-59,61-72,75-80H,11-12,15,18-19,22-23,25-30H2,1-9H3,(H,73,74)/t31?,32?,33?,36?,37?,38?,39?,40?,41?,42?,43?,44?,45?,46?,47?,48?,49?,50?,51?,52-,54?,55?,56?,57-,58+,59+,61+/m1/s1. The van der Waals surface area contributed by atoms with Crippen LogP contribution in [-0.4, -0.2) is 233 Å². The van der Waals surface area contributed by atoms with Gasteiger partial charge in [-0.25, -0.2) is 4.79 Å². The van der Waals surface area contributed by atoms with Gasteiger partial charge in [-0.2, -0.15) is 0 Å². The number of aliphatic hydroxyl groups is 17. The van der Waals surface area contributed by atoms with Crippen molar-refractivity contribution in [1.82, 2.24) is 0 Å². The zero-order valence-electron chi connectivity index (χ0n) is 50.5. The van der Waals surface area contributed by atoms with E-state index in [4.69, 9.17) is 14.2 Å². The molecule has 0 aromatic heterocycles. The minimum absolute atomic E-state index is 0.0520. The highest BCUT2D eigenvalue weighted by Crippen LogP contribution is 2.30. The third kappa shape index (κ3) is 25.9. The number of carboxylic acid groups (broad SMARTS) is 1. The van der Waals surface area contributed by atoms with Crippen LogP contribution in [0.25, 0.3) is 0 Å².